The lowest BCUT2D eigenvalue weighted by Crippen LogP contribution is -2.16. The fraction of sp³-hybridized carbons (Fsp3) is 0.643. The molecule has 2 unspecified atom stereocenters. The molecule has 0 aromatic carbocycles. The maximum absolute atomic E-state index is 5.87. The molecule has 1 aromatic rings. The van der Waals surface area contributed by atoms with Crippen LogP contribution in [-0.2, 0) is 4.74 Å². The molecule has 2 atom stereocenters. The minimum atomic E-state index is 0.230. The molecular formula is C14H19N2O. The summed E-state index contributed by atoms with van der Waals surface area (Å²) in [6, 6.07) is 2.15. The smallest absolute Gasteiger partial charge is 0.0950 e. The Labute approximate surface area is 103 Å². The standard InChI is InChI=1S/C14H19N2O/c1-2-8-17-14(3-1)13-10-16-7-5-12(13)11-4-6-15-9-11/h5,7,11,14-15H,1-4,6,8-9H2. The van der Waals surface area contributed by atoms with Crippen molar-refractivity contribution in [2.75, 3.05) is 19.7 Å². The molecule has 3 rings (SSSR count). The minimum absolute atomic E-state index is 0.230. The van der Waals surface area contributed by atoms with E-state index in [9.17, 15) is 0 Å². The summed E-state index contributed by atoms with van der Waals surface area (Å²) >= 11 is 0. The topological polar surface area (TPSA) is 34.2 Å². The summed E-state index contributed by atoms with van der Waals surface area (Å²) in [4.78, 5) is 4.17. The second kappa shape index (κ2) is 5.15. The van der Waals surface area contributed by atoms with Crippen LogP contribution in [0.3, 0.4) is 0 Å². The van der Waals surface area contributed by atoms with E-state index in [0.717, 1.165) is 26.1 Å². The van der Waals surface area contributed by atoms with Crippen LogP contribution in [-0.4, -0.2) is 24.7 Å². The van der Waals surface area contributed by atoms with Crippen molar-refractivity contribution in [3.63, 3.8) is 0 Å². The lowest BCUT2D eigenvalue weighted by molar-refractivity contribution is 0.0139. The molecule has 1 N–H and O–H groups in total. The number of hydrogen-bond acceptors (Lipinski definition) is 3. The number of rotatable bonds is 2. The summed E-state index contributed by atoms with van der Waals surface area (Å²) in [6.45, 7) is 3.09. The highest BCUT2D eigenvalue weighted by Gasteiger charge is 2.25. The van der Waals surface area contributed by atoms with Gasteiger partial charge in [0, 0.05) is 24.9 Å². The van der Waals surface area contributed by atoms with Gasteiger partial charge in [0.2, 0.25) is 0 Å². The van der Waals surface area contributed by atoms with E-state index in [4.69, 9.17) is 4.74 Å². The lowest BCUT2D eigenvalue weighted by atomic mass is 9.90. The fourth-order valence-corrected chi connectivity index (χ4v) is 2.88. The molecule has 0 aliphatic carbocycles. The Hall–Kier alpha value is -0.930. The molecule has 3 nitrogen and oxygen atoms in total. The molecule has 0 bridgehead atoms. The molecule has 2 aliphatic rings. The number of pyridine rings is 1. The average molecular weight is 231 g/mol. The van der Waals surface area contributed by atoms with Crippen molar-refractivity contribution in [1.29, 1.82) is 0 Å². The Balaban J connectivity index is 1.86. The maximum atomic E-state index is 5.87. The SMILES string of the molecule is [c]1nccc(C2CCNC2)c1C1CCCCO1. The van der Waals surface area contributed by atoms with Crippen LogP contribution in [0.15, 0.2) is 12.3 Å². The van der Waals surface area contributed by atoms with Crippen molar-refractivity contribution in [2.24, 2.45) is 0 Å². The summed E-state index contributed by atoms with van der Waals surface area (Å²) in [7, 11) is 0. The van der Waals surface area contributed by atoms with Crippen molar-refractivity contribution < 1.29 is 4.74 Å². The first-order chi connectivity index (χ1) is 8.45. The minimum Gasteiger partial charge on any atom is -0.373 e. The Morgan fingerprint density at radius 2 is 2.35 bits per heavy atom. The van der Waals surface area contributed by atoms with Crippen LogP contribution in [0.2, 0.25) is 0 Å². The molecule has 0 saturated carbocycles. The van der Waals surface area contributed by atoms with Crippen LogP contribution in [0, 0.1) is 6.20 Å². The summed E-state index contributed by atoms with van der Waals surface area (Å²) in [5.74, 6) is 0.620. The van der Waals surface area contributed by atoms with Gasteiger partial charge in [-0.05, 0) is 49.8 Å². The van der Waals surface area contributed by atoms with E-state index < -0.39 is 0 Å². The van der Waals surface area contributed by atoms with Crippen LogP contribution in [0.25, 0.3) is 0 Å². The predicted molar refractivity (Wildman–Crippen MR) is 65.8 cm³/mol. The Morgan fingerprint density at radius 3 is 3.12 bits per heavy atom. The van der Waals surface area contributed by atoms with Gasteiger partial charge in [-0.25, -0.2) is 0 Å². The molecule has 3 heteroatoms. The van der Waals surface area contributed by atoms with Crippen LogP contribution < -0.4 is 5.32 Å². The van der Waals surface area contributed by atoms with E-state index in [2.05, 4.69) is 22.6 Å². The summed E-state index contributed by atoms with van der Waals surface area (Å²) in [5, 5.41) is 3.43. The van der Waals surface area contributed by atoms with E-state index in [1.165, 1.54) is 30.4 Å². The van der Waals surface area contributed by atoms with Crippen LogP contribution in [0.4, 0.5) is 0 Å². The van der Waals surface area contributed by atoms with Crippen molar-refractivity contribution in [3.05, 3.63) is 29.6 Å². The first-order valence-electron chi connectivity index (χ1n) is 6.64. The number of nitrogens with one attached hydrogen (secondary N) is 1. The van der Waals surface area contributed by atoms with Gasteiger partial charge in [0.15, 0.2) is 0 Å². The van der Waals surface area contributed by atoms with Gasteiger partial charge in [0.05, 0.1) is 12.3 Å². The summed E-state index contributed by atoms with van der Waals surface area (Å²) in [6.07, 6.45) is 10.1. The molecule has 1 aromatic heterocycles. The number of aromatic nitrogens is 1. The van der Waals surface area contributed by atoms with Gasteiger partial charge in [0.1, 0.15) is 0 Å². The molecule has 91 valence electrons. The molecular weight excluding hydrogens is 212 g/mol. The number of nitrogens with zero attached hydrogens (tertiary/aromatic N) is 1. The zero-order chi connectivity index (χ0) is 11.5. The molecule has 17 heavy (non-hydrogen) atoms. The van der Waals surface area contributed by atoms with Gasteiger partial charge in [-0.3, -0.25) is 4.98 Å². The van der Waals surface area contributed by atoms with Gasteiger partial charge in [-0.1, -0.05) is 0 Å². The van der Waals surface area contributed by atoms with Gasteiger partial charge < -0.3 is 10.1 Å². The van der Waals surface area contributed by atoms with Crippen molar-refractivity contribution >= 4 is 0 Å². The van der Waals surface area contributed by atoms with E-state index in [1.807, 2.05) is 6.20 Å². The average Bonchev–Trinajstić information content (AvgIpc) is 2.94. The summed E-state index contributed by atoms with van der Waals surface area (Å²) in [5.41, 5.74) is 2.61. The van der Waals surface area contributed by atoms with E-state index in [1.54, 1.807) is 0 Å². The van der Waals surface area contributed by atoms with Gasteiger partial charge in [-0.2, -0.15) is 0 Å². The quantitative estimate of drug-likeness (QED) is 0.847. The van der Waals surface area contributed by atoms with Crippen LogP contribution in [0.1, 0.15) is 48.8 Å². The fourth-order valence-electron chi connectivity index (χ4n) is 2.88. The van der Waals surface area contributed by atoms with Crippen molar-refractivity contribution in [1.82, 2.24) is 10.3 Å². The number of hydrogen-bond donors (Lipinski definition) is 1. The van der Waals surface area contributed by atoms with Crippen molar-refractivity contribution in [2.45, 2.75) is 37.7 Å². The van der Waals surface area contributed by atoms with Crippen molar-refractivity contribution in [3.8, 4) is 0 Å². The Kier molecular flexibility index (Phi) is 3.39. The third-order valence-electron chi connectivity index (χ3n) is 3.83. The first kappa shape index (κ1) is 11.2. The monoisotopic (exact) mass is 231 g/mol. The predicted octanol–water partition coefficient (Wildman–Crippen LogP) is 2.20. The lowest BCUT2D eigenvalue weighted by Gasteiger charge is -2.25. The highest BCUT2D eigenvalue weighted by Crippen LogP contribution is 2.34. The molecule has 0 amide bonds. The first-order valence-corrected chi connectivity index (χ1v) is 6.64. The largest absolute Gasteiger partial charge is 0.373 e. The van der Waals surface area contributed by atoms with E-state index >= 15 is 0 Å². The molecule has 2 aliphatic heterocycles. The van der Waals surface area contributed by atoms with Gasteiger partial charge >= 0.3 is 0 Å². The summed E-state index contributed by atoms with van der Waals surface area (Å²) < 4.78 is 5.87. The van der Waals surface area contributed by atoms with E-state index in [0.29, 0.717) is 5.92 Å². The van der Waals surface area contributed by atoms with E-state index in [-0.39, 0.29) is 6.10 Å². The Bertz CT molecular complexity index is 368. The van der Waals surface area contributed by atoms with Gasteiger partial charge in [0.25, 0.3) is 0 Å². The normalized spacial score (nSPS) is 29.4. The Morgan fingerprint density at radius 1 is 1.35 bits per heavy atom. The van der Waals surface area contributed by atoms with Crippen LogP contribution >= 0.6 is 0 Å². The second-order valence-corrected chi connectivity index (χ2v) is 4.97. The molecule has 1 radical (unpaired) electrons. The second-order valence-electron chi connectivity index (χ2n) is 4.97. The zero-order valence-corrected chi connectivity index (χ0v) is 10.1. The third-order valence-corrected chi connectivity index (χ3v) is 3.83. The molecule has 2 saturated heterocycles. The maximum Gasteiger partial charge on any atom is 0.0950 e. The highest BCUT2D eigenvalue weighted by molar-refractivity contribution is 5.30. The third kappa shape index (κ3) is 2.35. The molecule has 3 heterocycles. The van der Waals surface area contributed by atoms with Gasteiger partial charge in [-0.15, -0.1) is 0 Å². The highest BCUT2D eigenvalue weighted by atomic mass is 16.5. The van der Waals surface area contributed by atoms with Crippen LogP contribution in [0.5, 0.6) is 0 Å². The molecule has 0 spiro atoms. The zero-order valence-electron chi connectivity index (χ0n) is 10.1. The number of ether oxygens (including phenoxy) is 1. The molecule has 2 fully saturated rings.